The monoisotopic (exact) mass is 232 g/mol. The van der Waals surface area contributed by atoms with E-state index in [1.54, 1.807) is 0 Å². The maximum absolute atomic E-state index is 4.10. The van der Waals surface area contributed by atoms with E-state index in [-0.39, 0.29) is 0 Å². The second kappa shape index (κ2) is 8.11. The molecule has 1 atom stereocenters. The second-order valence-electron chi connectivity index (χ2n) is 4.83. The quantitative estimate of drug-likeness (QED) is 0.382. The normalized spacial score (nSPS) is 15.2. The van der Waals surface area contributed by atoms with Crippen molar-refractivity contribution in [3.63, 3.8) is 0 Å². The van der Waals surface area contributed by atoms with E-state index in [2.05, 4.69) is 53.9 Å². The molecule has 0 radical (unpaired) electrons. The summed E-state index contributed by atoms with van der Waals surface area (Å²) in [5.74, 6) is 0.397. The summed E-state index contributed by atoms with van der Waals surface area (Å²) in [6, 6.07) is 0. The van der Waals surface area contributed by atoms with Gasteiger partial charge in [-0.3, -0.25) is 0 Å². The number of hydrogen-bond acceptors (Lipinski definition) is 0. The van der Waals surface area contributed by atoms with Crippen LogP contribution in [0.1, 0.15) is 53.9 Å². The van der Waals surface area contributed by atoms with Gasteiger partial charge in [0, 0.05) is 0 Å². The van der Waals surface area contributed by atoms with Gasteiger partial charge in [0.2, 0.25) is 0 Å². The van der Waals surface area contributed by atoms with Crippen LogP contribution in [0.4, 0.5) is 0 Å². The minimum Gasteiger partial charge on any atom is -0.102 e. The molecule has 0 amide bonds. The van der Waals surface area contributed by atoms with Gasteiger partial charge in [0.05, 0.1) is 0 Å². The minimum absolute atomic E-state index is 0.397. The Bertz CT molecular complexity index is 326. The molecule has 0 aliphatic carbocycles. The van der Waals surface area contributed by atoms with E-state index < -0.39 is 0 Å². The van der Waals surface area contributed by atoms with Crippen LogP contribution in [0.15, 0.2) is 47.6 Å². The molecule has 0 aromatic rings. The molecule has 96 valence electrons. The zero-order valence-corrected chi connectivity index (χ0v) is 12.3. The smallest absolute Gasteiger partial charge is 0.00103 e. The van der Waals surface area contributed by atoms with Crippen LogP contribution in [-0.2, 0) is 0 Å². The average molecular weight is 232 g/mol. The van der Waals surface area contributed by atoms with Crippen LogP contribution in [0.5, 0.6) is 0 Å². The van der Waals surface area contributed by atoms with Crippen molar-refractivity contribution in [3.05, 3.63) is 47.6 Å². The van der Waals surface area contributed by atoms with Crippen LogP contribution in [0.25, 0.3) is 0 Å². The fourth-order valence-electron chi connectivity index (χ4n) is 2.10. The Kier molecular flexibility index (Phi) is 7.61. The minimum atomic E-state index is 0.397. The van der Waals surface area contributed by atoms with Crippen LogP contribution in [0.3, 0.4) is 0 Å². The molecule has 0 saturated heterocycles. The Labute approximate surface area is 108 Å². The Morgan fingerprint density at radius 2 is 1.82 bits per heavy atom. The first-order valence-corrected chi connectivity index (χ1v) is 6.66. The maximum atomic E-state index is 4.10. The van der Waals surface area contributed by atoms with Gasteiger partial charge < -0.3 is 0 Å². The van der Waals surface area contributed by atoms with E-state index in [4.69, 9.17) is 0 Å². The van der Waals surface area contributed by atoms with Gasteiger partial charge in [0.25, 0.3) is 0 Å². The molecule has 0 nitrogen and oxygen atoms in total. The van der Waals surface area contributed by atoms with Gasteiger partial charge in [-0.1, -0.05) is 57.1 Å². The molecular formula is C17H28. The van der Waals surface area contributed by atoms with Crippen molar-refractivity contribution in [1.29, 1.82) is 0 Å². The average Bonchev–Trinajstić information content (AvgIpc) is 2.27. The van der Waals surface area contributed by atoms with Crippen molar-refractivity contribution in [1.82, 2.24) is 0 Å². The van der Waals surface area contributed by atoms with Crippen molar-refractivity contribution in [3.8, 4) is 0 Å². The molecule has 0 aliphatic rings. The lowest BCUT2D eigenvalue weighted by Crippen LogP contribution is -2.00. The summed E-state index contributed by atoms with van der Waals surface area (Å²) in [6.45, 7) is 18.9. The summed E-state index contributed by atoms with van der Waals surface area (Å²) in [5.41, 5.74) is 5.40. The molecule has 0 aromatic carbocycles. The third-order valence-corrected chi connectivity index (χ3v) is 3.11. The van der Waals surface area contributed by atoms with Crippen LogP contribution in [-0.4, -0.2) is 0 Å². The molecule has 0 saturated carbocycles. The first kappa shape index (κ1) is 16.0. The summed E-state index contributed by atoms with van der Waals surface area (Å²) in [6.07, 6.45) is 7.76. The Balaban J connectivity index is 5.48. The summed E-state index contributed by atoms with van der Waals surface area (Å²) in [7, 11) is 0. The predicted octanol–water partition coefficient (Wildman–Crippen LogP) is 5.84. The van der Waals surface area contributed by atoms with Gasteiger partial charge in [-0.25, -0.2) is 0 Å². The standard InChI is InChI=1S/C17H28/c1-8-11-14(6)12-17(15(7)9-2)16(10-3)13(4)5/h9,12,15H,2,4,8,10-11H2,1,3,5-7H3/b14-12-,17-16+. The second-order valence-corrected chi connectivity index (χ2v) is 4.83. The third-order valence-electron chi connectivity index (χ3n) is 3.11. The van der Waals surface area contributed by atoms with Gasteiger partial charge in [0.15, 0.2) is 0 Å². The van der Waals surface area contributed by atoms with Crippen molar-refractivity contribution in [2.45, 2.75) is 53.9 Å². The molecule has 0 spiro atoms. The van der Waals surface area contributed by atoms with E-state index in [0.29, 0.717) is 5.92 Å². The molecule has 0 aromatic heterocycles. The lowest BCUT2D eigenvalue weighted by Gasteiger charge is -2.16. The van der Waals surface area contributed by atoms with Gasteiger partial charge in [-0.05, 0) is 43.8 Å². The van der Waals surface area contributed by atoms with E-state index in [1.165, 1.54) is 35.1 Å². The zero-order valence-electron chi connectivity index (χ0n) is 12.3. The van der Waals surface area contributed by atoms with Gasteiger partial charge in [0.1, 0.15) is 0 Å². The Hall–Kier alpha value is -1.04. The predicted molar refractivity (Wildman–Crippen MR) is 80.2 cm³/mol. The molecule has 0 fully saturated rings. The molecule has 0 bridgehead atoms. The number of allylic oxidation sites excluding steroid dienone is 6. The van der Waals surface area contributed by atoms with Crippen LogP contribution >= 0.6 is 0 Å². The first-order valence-electron chi connectivity index (χ1n) is 6.66. The van der Waals surface area contributed by atoms with Gasteiger partial charge in [-0.2, -0.15) is 0 Å². The number of rotatable bonds is 7. The topological polar surface area (TPSA) is 0 Å². The highest BCUT2D eigenvalue weighted by Gasteiger charge is 2.09. The third kappa shape index (κ3) is 5.21. The maximum Gasteiger partial charge on any atom is -0.00103 e. The highest BCUT2D eigenvalue weighted by molar-refractivity contribution is 5.41. The number of hydrogen-bond donors (Lipinski definition) is 0. The van der Waals surface area contributed by atoms with Crippen LogP contribution in [0.2, 0.25) is 0 Å². The summed E-state index contributed by atoms with van der Waals surface area (Å²) >= 11 is 0. The molecule has 0 heterocycles. The summed E-state index contributed by atoms with van der Waals surface area (Å²) in [4.78, 5) is 0. The molecule has 17 heavy (non-hydrogen) atoms. The van der Waals surface area contributed by atoms with Crippen molar-refractivity contribution >= 4 is 0 Å². The molecule has 0 heteroatoms. The van der Waals surface area contributed by atoms with Crippen LogP contribution in [0, 0.1) is 5.92 Å². The highest BCUT2D eigenvalue weighted by atomic mass is 14.1. The van der Waals surface area contributed by atoms with Crippen molar-refractivity contribution in [2.75, 3.05) is 0 Å². The summed E-state index contributed by atoms with van der Waals surface area (Å²) in [5, 5.41) is 0. The fraction of sp³-hybridized carbons (Fsp3) is 0.529. The Morgan fingerprint density at radius 1 is 1.24 bits per heavy atom. The van der Waals surface area contributed by atoms with Gasteiger partial charge in [-0.15, -0.1) is 6.58 Å². The molecular weight excluding hydrogens is 204 g/mol. The zero-order chi connectivity index (χ0) is 13.4. The molecule has 0 N–H and O–H groups in total. The van der Waals surface area contributed by atoms with Crippen molar-refractivity contribution < 1.29 is 0 Å². The lowest BCUT2D eigenvalue weighted by atomic mass is 9.89. The summed E-state index contributed by atoms with van der Waals surface area (Å²) < 4.78 is 0. The molecule has 1 unspecified atom stereocenters. The van der Waals surface area contributed by atoms with E-state index in [0.717, 1.165) is 6.42 Å². The lowest BCUT2D eigenvalue weighted by molar-refractivity contribution is 0.846. The van der Waals surface area contributed by atoms with E-state index in [1.807, 2.05) is 6.08 Å². The molecule has 0 aliphatic heterocycles. The van der Waals surface area contributed by atoms with E-state index in [9.17, 15) is 0 Å². The van der Waals surface area contributed by atoms with Crippen LogP contribution < -0.4 is 0 Å². The Morgan fingerprint density at radius 3 is 2.18 bits per heavy atom. The molecule has 0 rings (SSSR count). The fourth-order valence-corrected chi connectivity index (χ4v) is 2.10. The highest BCUT2D eigenvalue weighted by Crippen LogP contribution is 2.26. The first-order chi connectivity index (χ1) is 7.97. The van der Waals surface area contributed by atoms with Gasteiger partial charge >= 0.3 is 0 Å². The van der Waals surface area contributed by atoms with Crippen molar-refractivity contribution in [2.24, 2.45) is 5.92 Å². The largest absolute Gasteiger partial charge is 0.102 e. The SMILES string of the molecule is C=CC(C)C(/C=C(/C)CCC)=C(\CC)C(=C)C. The van der Waals surface area contributed by atoms with E-state index >= 15 is 0 Å².